The minimum Gasteiger partial charge on any atom is -0.377 e. The Labute approximate surface area is 105 Å². The molecule has 4 nitrogen and oxygen atoms in total. The Kier molecular flexibility index (Phi) is 5.71. The molecule has 2 saturated heterocycles. The molecule has 2 rings (SSSR count). The van der Waals surface area contributed by atoms with E-state index < -0.39 is 0 Å². The van der Waals surface area contributed by atoms with Crippen molar-refractivity contribution in [3.8, 4) is 0 Å². The number of rotatable bonds is 6. The van der Waals surface area contributed by atoms with Gasteiger partial charge in [-0.05, 0) is 39.4 Å². The van der Waals surface area contributed by atoms with Crippen molar-refractivity contribution >= 4 is 0 Å². The molecule has 0 aromatic heterocycles. The van der Waals surface area contributed by atoms with Gasteiger partial charge in [0.05, 0.1) is 6.10 Å². The lowest BCUT2D eigenvalue weighted by atomic mass is 10.2. The summed E-state index contributed by atoms with van der Waals surface area (Å²) in [5.74, 6) is 0. The molecule has 0 aromatic carbocycles. The Balaban J connectivity index is 1.43. The molecule has 0 amide bonds. The molecule has 1 unspecified atom stereocenters. The van der Waals surface area contributed by atoms with E-state index in [4.69, 9.17) is 4.74 Å². The summed E-state index contributed by atoms with van der Waals surface area (Å²) in [6.07, 6.45) is 4.23. The molecule has 0 saturated carbocycles. The van der Waals surface area contributed by atoms with Gasteiger partial charge in [0, 0.05) is 39.3 Å². The molecule has 17 heavy (non-hydrogen) atoms. The largest absolute Gasteiger partial charge is 0.377 e. The second-order valence-corrected chi connectivity index (χ2v) is 5.34. The van der Waals surface area contributed by atoms with Crippen molar-refractivity contribution in [2.45, 2.75) is 25.4 Å². The molecule has 1 N–H and O–H groups in total. The van der Waals surface area contributed by atoms with Crippen molar-refractivity contribution in [1.82, 2.24) is 15.1 Å². The number of ether oxygens (including phenoxy) is 1. The molecule has 2 fully saturated rings. The molecule has 0 spiro atoms. The summed E-state index contributed by atoms with van der Waals surface area (Å²) in [5, 5.41) is 3.51. The zero-order valence-electron chi connectivity index (χ0n) is 11.2. The summed E-state index contributed by atoms with van der Waals surface area (Å²) in [4.78, 5) is 4.99. The van der Waals surface area contributed by atoms with Crippen LogP contribution >= 0.6 is 0 Å². The van der Waals surface area contributed by atoms with E-state index in [1.54, 1.807) is 0 Å². The topological polar surface area (TPSA) is 27.7 Å². The van der Waals surface area contributed by atoms with Crippen LogP contribution in [0.25, 0.3) is 0 Å². The van der Waals surface area contributed by atoms with Gasteiger partial charge in [0.1, 0.15) is 0 Å². The van der Waals surface area contributed by atoms with E-state index in [1.807, 2.05) is 0 Å². The van der Waals surface area contributed by atoms with E-state index >= 15 is 0 Å². The van der Waals surface area contributed by atoms with Crippen molar-refractivity contribution in [3.05, 3.63) is 0 Å². The Morgan fingerprint density at radius 2 is 2.06 bits per heavy atom. The Hall–Kier alpha value is -0.160. The minimum atomic E-state index is 0.485. The van der Waals surface area contributed by atoms with Crippen LogP contribution in [0.2, 0.25) is 0 Å². The summed E-state index contributed by atoms with van der Waals surface area (Å²) in [7, 11) is 2.21. The summed E-state index contributed by atoms with van der Waals surface area (Å²) in [6, 6.07) is 0. The molecule has 2 aliphatic heterocycles. The average Bonchev–Trinajstić information content (AvgIpc) is 2.84. The van der Waals surface area contributed by atoms with Crippen LogP contribution in [0.5, 0.6) is 0 Å². The van der Waals surface area contributed by atoms with E-state index in [2.05, 4.69) is 22.2 Å². The molecule has 0 aromatic rings. The maximum atomic E-state index is 5.58. The molecule has 2 aliphatic rings. The minimum absolute atomic E-state index is 0.485. The molecular weight excluding hydrogens is 214 g/mol. The molecule has 100 valence electrons. The summed E-state index contributed by atoms with van der Waals surface area (Å²) < 4.78 is 5.58. The third-order valence-electron chi connectivity index (χ3n) is 3.82. The van der Waals surface area contributed by atoms with Crippen LogP contribution in [0.3, 0.4) is 0 Å². The van der Waals surface area contributed by atoms with Crippen molar-refractivity contribution < 1.29 is 4.74 Å². The molecular formula is C13H27N3O. The normalized spacial score (nSPS) is 27.7. The van der Waals surface area contributed by atoms with Gasteiger partial charge in [-0.25, -0.2) is 0 Å². The Bertz CT molecular complexity index is 199. The van der Waals surface area contributed by atoms with Crippen LogP contribution in [-0.4, -0.2) is 75.4 Å². The Morgan fingerprint density at radius 1 is 1.24 bits per heavy atom. The number of likely N-dealkylation sites (N-methyl/N-ethyl adjacent to an activating group) is 1. The van der Waals surface area contributed by atoms with Gasteiger partial charge in [-0.15, -0.1) is 0 Å². The highest BCUT2D eigenvalue weighted by Gasteiger charge is 2.15. The summed E-state index contributed by atoms with van der Waals surface area (Å²) in [5.41, 5.74) is 0. The van der Waals surface area contributed by atoms with Gasteiger partial charge in [0.25, 0.3) is 0 Å². The van der Waals surface area contributed by atoms with Crippen LogP contribution in [0, 0.1) is 0 Å². The van der Waals surface area contributed by atoms with E-state index in [0.29, 0.717) is 6.10 Å². The summed E-state index contributed by atoms with van der Waals surface area (Å²) >= 11 is 0. The van der Waals surface area contributed by atoms with Crippen molar-refractivity contribution in [1.29, 1.82) is 0 Å². The van der Waals surface area contributed by atoms with E-state index in [0.717, 1.165) is 19.7 Å². The van der Waals surface area contributed by atoms with Gasteiger partial charge in [0.15, 0.2) is 0 Å². The third-order valence-corrected chi connectivity index (χ3v) is 3.82. The number of hydrogen-bond donors (Lipinski definition) is 1. The maximum Gasteiger partial charge on any atom is 0.0700 e. The second-order valence-electron chi connectivity index (χ2n) is 5.34. The molecule has 0 bridgehead atoms. The van der Waals surface area contributed by atoms with Gasteiger partial charge >= 0.3 is 0 Å². The zero-order valence-corrected chi connectivity index (χ0v) is 11.2. The average molecular weight is 241 g/mol. The fourth-order valence-electron chi connectivity index (χ4n) is 2.57. The van der Waals surface area contributed by atoms with E-state index in [1.165, 1.54) is 52.0 Å². The smallest absolute Gasteiger partial charge is 0.0700 e. The first-order valence-electron chi connectivity index (χ1n) is 7.08. The maximum absolute atomic E-state index is 5.58. The van der Waals surface area contributed by atoms with Crippen molar-refractivity contribution in [2.75, 3.05) is 59.5 Å². The second kappa shape index (κ2) is 7.31. The monoisotopic (exact) mass is 241 g/mol. The highest BCUT2D eigenvalue weighted by molar-refractivity contribution is 4.70. The zero-order chi connectivity index (χ0) is 11.9. The lowest BCUT2D eigenvalue weighted by molar-refractivity contribution is 0.109. The quantitative estimate of drug-likeness (QED) is 0.681. The van der Waals surface area contributed by atoms with Crippen LogP contribution in [0.1, 0.15) is 19.3 Å². The molecule has 0 radical (unpaired) electrons. The van der Waals surface area contributed by atoms with Crippen LogP contribution in [-0.2, 0) is 4.74 Å². The van der Waals surface area contributed by atoms with Gasteiger partial charge in [-0.2, -0.15) is 0 Å². The number of nitrogens with zero attached hydrogens (tertiary/aromatic N) is 2. The fraction of sp³-hybridized carbons (Fsp3) is 1.00. The van der Waals surface area contributed by atoms with Crippen molar-refractivity contribution in [2.24, 2.45) is 0 Å². The lowest BCUT2D eigenvalue weighted by Crippen LogP contribution is -2.45. The van der Waals surface area contributed by atoms with Crippen LogP contribution in [0.4, 0.5) is 0 Å². The third kappa shape index (κ3) is 4.92. The standard InChI is InChI=1S/C13H27N3O/c1-15-7-9-16(10-8-15)6-3-5-14-12-13-4-2-11-17-13/h13-14H,2-12H2,1H3. The van der Waals surface area contributed by atoms with Crippen LogP contribution < -0.4 is 5.32 Å². The van der Waals surface area contributed by atoms with E-state index in [-0.39, 0.29) is 0 Å². The van der Waals surface area contributed by atoms with Gasteiger partial charge in [-0.1, -0.05) is 0 Å². The first-order chi connectivity index (χ1) is 8.34. The highest BCUT2D eigenvalue weighted by atomic mass is 16.5. The molecule has 1 atom stereocenters. The fourth-order valence-corrected chi connectivity index (χ4v) is 2.57. The van der Waals surface area contributed by atoms with Crippen LogP contribution in [0.15, 0.2) is 0 Å². The first-order valence-corrected chi connectivity index (χ1v) is 7.08. The predicted molar refractivity (Wildman–Crippen MR) is 70.4 cm³/mol. The first kappa shape index (κ1) is 13.3. The highest BCUT2D eigenvalue weighted by Crippen LogP contribution is 2.10. The summed E-state index contributed by atoms with van der Waals surface area (Å²) in [6.45, 7) is 9.31. The number of hydrogen-bond acceptors (Lipinski definition) is 4. The Morgan fingerprint density at radius 3 is 2.76 bits per heavy atom. The number of nitrogens with one attached hydrogen (secondary N) is 1. The van der Waals surface area contributed by atoms with Gasteiger partial charge < -0.3 is 19.9 Å². The number of piperazine rings is 1. The van der Waals surface area contributed by atoms with E-state index in [9.17, 15) is 0 Å². The van der Waals surface area contributed by atoms with Crippen molar-refractivity contribution in [3.63, 3.8) is 0 Å². The molecule has 2 heterocycles. The van der Waals surface area contributed by atoms with Gasteiger partial charge in [-0.3, -0.25) is 0 Å². The SMILES string of the molecule is CN1CCN(CCCNCC2CCCO2)CC1. The molecule has 4 heteroatoms. The predicted octanol–water partition coefficient (Wildman–Crippen LogP) is 0.393. The van der Waals surface area contributed by atoms with Gasteiger partial charge in [0.2, 0.25) is 0 Å². The molecule has 0 aliphatic carbocycles. The lowest BCUT2D eigenvalue weighted by Gasteiger charge is -2.32.